The van der Waals surface area contributed by atoms with Gasteiger partial charge < -0.3 is 15.8 Å². The van der Waals surface area contributed by atoms with Crippen LogP contribution in [0.2, 0.25) is 0 Å². The molecule has 3 N–H and O–H groups in total. The second-order valence-electron chi connectivity index (χ2n) is 6.01. The van der Waals surface area contributed by atoms with Crippen molar-refractivity contribution in [2.45, 2.75) is 32.6 Å². The first kappa shape index (κ1) is 18.5. The summed E-state index contributed by atoms with van der Waals surface area (Å²) >= 11 is 0. The van der Waals surface area contributed by atoms with E-state index in [1.807, 2.05) is 24.3 Å². The number of carbonyl (C=O) groups excluding carboxylic acids is 2. The van der Waals surface area contributed by atoms with Crippen LogP contribution < -0.4 is 15.8 Å². The van der Waals surface area contributed by atoms with E-state index in [9.17, 15) is 9.59 Å². The van der Waals surface area contributed by atoms with Crippen molar-refractivity contribution >= 4 is 17.5 Å². The van der Waals surface area contributed by atoms with Gasteiger partial charge in [-0.1, -0.05) is 44.5 Å². The van der Waals surface area contributed by atoms with E-state index >= 15 is 0 Å². The molecule has 0 bridgehead atoms. The zero-order valence-electron chi connectivity index (χ0n) is 14.6. The number of primary amides is 1. The van der Waals surface area contributed by atoms with E-state index in [1.165, 1.54) is 5.56 Å². The maximum Gasteiger partial charge on any atom is 0.262 e. The van der Waals surface area contributed by atoms with E-state index in [4.69, 9.17) is 10.5 Å². The van der Waals surface area contributed by atoms with Crippen molar-refractivity contribution in [3.8, 4) is 5.75 Å². The van der Waals surface area contributed by atoms with Crippen molar-refractivity contribution in [1.29, 1.82) is 0 Å². The molecule has 2 rings (SSSR count). The van der Waals surface area contributed by atoms with Crippen LogP contribution in [0.3, 0.4) is 0 Å². The first-order chi connectivity index (χ1) is 12.0. The predicted octanol–water partition coefficient (Wildman–Crippen LogP) is 3.71. The van der Waals surface area contributed by atoms with E-state index in [0.717, 1.165) is 12.8 Å². The Balaban J connectivity index is 1.91. The molecule has 0 aliphatic heterocycles. The molecular weight excluding hydrogens is 316 g/mol. The molecule has 0 aliphatic carbocycles. The number of amides is 2. The molecule has 5 heteroatoms. The number of rotatable bonds is 8. The molecule has 1 atom stereocenters. The molecule has 0 saturated heterocycles. The number of para-hydroxylation sites is 1. The fourth-order valence-electron chi connectivity index (χ4n) is 2.63. The van der Waals surface area contributed by atoms with E-state index in [0.29, 0.717) is 17.4 Å². The number of ether oxygens (including phenoxy) is 1. The topological polar surface area (TPSA) is 81.4 Å². The lowest BCUT2D eigenvalue weighted by atomic mass is 9.97. The van der Waals surface area contributed by atoms with Crippen LogP contribution in [-0.4, -0.2) is 18.4 Å². The van der Waals surface area contributed by atoms with Crippen molar-refractivity contribution in [1.82, 2.24) is 0 Å². The number of hydrogen-bond donors (Lipinski definition) is 2. The number of nitrogens with one attached hydrogen (secondary N) is 1. The first-order valence-corrected chi connectivity index (χ1v) is 8.42. The molecule has 0 fully saturated rings. The third kappa shape index (κ3) is 5.35. The Bertz CT molecular complexity index is 726. The Kier molecular flexibility index (Phi) is 6.57. The zero-order chi connectivity index (χ0) is 18.2. The fraction of sp³-hybridized carbons (Fsp3) is 0.300. The highest BCUT2D eigenvalue weighted by molar-refractivity contribution is 6.03. The molecule has 2 aromatic rings. The van der Waals surface area contributed by atoms with Gasteiger partial charge in [-0.15, -0.1) is 0 Å². The Labute approximate surface area is 148 Å². The third-order valence-electron chi connectivity index (χ3n) is 4.01. The largest absolute Gasteiger partial charge is 0.484 e. The number of carbonyl (C=O) groups is 2. The van der Waals surface area contributed by atoms with Gasteiger partial charge in [0.2, 0.25) is 0 Å². The lowest BCUT2D eigenvalue weighted by Gasteiger charge is -2.12. The fourth-order valence-corrected chi connectivity index (χ4v) is 2.63. The Hall–Kier alpha value is -2.82. The van der Waals surface area contributed by atoms with Gasteiger partial charge in [0, 0.05) is 0 Å². The highest BCUT2D eigenvalue weighted by Gasteiger charge is 2.11. The molecule has 0 unspecified atom stereocenters. The SMILES string of the molecule is CCC[C@H](C)c1ccc(OCC(=O)Nc2ccccc2C(N)=O)cc1. The molecule has 2 amide bonds. The predicted molar refractivity (Wildman–Crippen MR) is 98.8 cm³/mol. The number of hydrogen-bond acceptors (Lipinski definition) is 3. The van der Waals surface area contributed by atoms with Gasteiger partial charge in [-0.25, -0.2) is 0 Å². The normalized spacial score (nSPS) is 11.6. The molecule has 2 aromatic carbocycles. The minimum absolute atomic E-state index is 0.142. The molecule has 0 radical (unpaired) electrons. The van der Waals surface area contributed by atoms with E-state index in [2.05, 4.69) is 19.2 Å². The summed E-state index contributed by atoms with van der Waals surface area (Å²) in [4.78, 5) is 23.4. The Morgan fingerprint density at radius 3 is 2.44 bits per heavy atom. The van der Waals surface area contributed by atoms with Crippen LogP contribution in [0, 0.1) is 0 Å². The van der Waals surface area contributed by atoms with Crippen LogP contribution in [0.5, 0.6) is 5.75 Å². The molecular formula is C20H24N2O3. The molecule has 0 aliphatic rings. The molecule has 0 saturated carbocycles. The summed E-state index contributed by atoms with van der Waals surface area (Å²) in [7, 11) is 0. The first-order valence-electron chi connectivity index (χ1n) is 8.42. The van der Waals surface area contributed by atoms with Gasteiger partial charge >= 0.3 is 0 Å². The van der Waals surface area contributed by atoms with Crippen LogP contribution >= 0.6 is 0 Å². The van der Waals surface area contributed by atoms with Crippen LogP contribution in [0.1, 0.15) is 48.5 Å². The van der Waals surface area contributed by atoms with Crippen LogP contribution in [0.25, 0.3) is 0 Å². The summed E-state index contributed by atoms with van der Waals surface area (Å²) in [6, 6.07) is 14.4. The van der Waals surface area contributed by atoms with E-state index in [1.54, 1.807) is 24.3 Å². The zero-order valence-corrected chi connectivity index (χ0v) is 14.6. The van der Waals surface area contributed by atoms with E-state index < -0.39 is 5.91 Å². The molecule has 132 valence electrons. The standard InChI is InChI=1S/C20H24N2O3/c1-3-6-14(2)15-9-11-16(12-10-15)25-13-19(23)22-18-8-5-4-7-17(18)20(21)24/h4-5,7-12,14H,3,6,13H2,1-2H3,(H2,21,24)(H,22,23)/t14-/m0/s1. The molecule has 0 spiro atoms. The summed E-state index contributed by atoms with van der Waals surface area (Å²) in [5.41, 5.74) is 7.20. The second-order valence-corrected chi connectivity index (χ2v) is 6.01. The smallest absolute Gasteiger partial charge is 0.262 e. The highest BCUT2D eigenvalue weighted by atomic mass is 16.5. The molecule has 0 aromatic heterocycles. The highest BCUT2D eigenvalue weighted by Crippen LogP contribution is 2.23. The summed E-state index contributed by atoms with van der Waals surface area (Å²) in [6.07, 6.45) is 2.29. The maximum atomic E-state index is 12.0. The maximum absolute atomic E-state index is 12.0. The van der Waals surface area contributed by atoms with Gasteiger partial charge in [0.05, 0.1) is 11.3 Å². The van der Waals surface area contributed by atoms with Gasteiger partial charge in [-0.3, -0.25) is 9.59 Å². The van der Waals surface area contributed by atoms with Gasteiger partial charge in [0.1, 0.15) is 5.75 Å². The van der Waals surface area contributed by atoms with Crippen molar-refractivity contribution in [2.24, 2.45) is 5.73 Å². The van der Waals surface area contributed by atoms with Crippen molar-refractivity contribution in [3.63, 3.8) is 0 Å². The average Bonchev–Trinajstić information content (AvgIpc) is 2.61. The lowest BCUT2D eigenvalue weighted by Crippen LogP contribution is -2.22. The molecule has 25 heavy (non-hydrogen) atoms. The van der Waals surface area contributed by atoms with Crippen molar-refractivity contribution < 1.29 is 14.3 Å². The van der Waals surface area contributed by atoms with Crippen LogP contribution in [-0.2, 0) is 4.79 Å². The molecule has 0 heterocycles. The number of nitrogens with two attached hydrogens (primary N) is 1. The quantitative estimate of drug-likeness (QED) is 0.768. The Morgan fingerprint density at radius 2 is 1.80 bits per heavy atom. The Morgan fingerprint density at radius 1 is 1.12 bits per heavy atom. The minimum Gasteiger partial charge on any atom is -0.484 e. The van der Waals surface area contributed by atoms with Gasteiger partial charge in [0.25, 0.3) is 11.8 Å². The van der Waals surface area contributed by atoms with Gasteiger partial charge in [-0.2, -0.15) is 0 Å². The minimum atomic E-state index is -0.589. The third-order valence-corrected chi connectivity index (χ3v) is 4.01. The van der Waals surface area contributed by atoms with E-state index in [-0.39, 0.29) is 18.1 Å². The second kappa shape index (κ2) is 8.87. The van der Waals surface area contributed by atoms with Gasteiger partial charge in [0.15, 0.2) is 6.61 Å². The summed E-state index contributed by atoms with van der Waals surface area (Å²) in [6.45, 7) is 4.23. The monoisotopic (exact) mass is 340 g/mol. The average molecular weight is 340 g/mol. The summed E-state index contributed by atoms with van der Waals surface area (Å²) in [5.74, 6) is 0.198. The lowest BCUT2D eigenvalue weighted by molar-refractivity contribution is -0.118. The molecule has 5 nitrogen and oxygen atoms in total. The van der Waals surface area contributed by atoms with Crippen molar-refractivity contribution in [3.05, 3.63) is 59.7 Å². The number of anilines is 1. The summed E-state index contributed by atoms with van der Waals surface area (Å²) < 4.78 is 5.51. The van der Waals surface area contributed by atoms with Crippen LogP contribution in [0.4, 0.5) is 5.69 Å². The summed E-state index contributed by atoms with van der Waals surface area (Å²) in [5, 5.41) is 2.64. The van der Waals surface area contributed by atoms with Crippen molar-refractivity contribution in [2.75, 3.05) is 11.9 Å². The van der Waals surface area contributed by atoms with Gasteiger partial charge in [-0.05, 0) is 42.2 Å². The van der Waals surface area contributed by atoms with Crippen LogP contribution in [0.15, 0.2) is 48.5 Å². The number of benzene rings is 2.